The number of carbonyl (C=O) groups excluding carboxylic acids is 1. The molecule has 144 valence electrons. The Kier molecular flexibility index (Phi) is 5.94. The van der Waals surface area contributed by atoms with Crippen LogP contribution in [0.2, 0.25) is 0 Å². The second-order valence-corrected chi connectivity index (χ2v) is 8.93. The summed E-state index contributed by atoms with van der Waals surface area (Å²) in [5.41, 5.74) is 1.64. The number of rotatable bonds is 5. The van der Waals surface area contributed by atoms with Crippen LogP contribution >= 0.6 is 0 Å². The van der Waals surface area contributed by atoms with Crippen LogP contribution in [-0.4, -0.2) is 31.7 Å². The number of hydrogen-bond donors (Lipinski definition) is 1. The van der Waals surface area contributed by atoms with Crippen LogP contribution in [0, 0.1) is 12.8 Å². The third-order valence-corrected chi connectivity index (χ3v) is 6.79. The predicted octanol–water partition coefficient (Wildman–Crippen LogP) is 2.69. The first-order valence-electron chi connectivity index (χ1n) is 9.07. The van der Waals surface area contributed by atoms with E-state index in [0.717, 1.165) is 23.4 Å². The fraction of sp³-hybridized carbons (Fsp3) is 0.350. The largest absolute Gasteiger partial charge is 0.273 e. The molecule has 0 bridgehead atoms. The molecule has 1 saturated heterocycles. The van der Waals surface area contributed by atoms with Gasteiger partial charge >= 0.3 is 0 Å². The van der Waals surface area contributed by atoms with Gasteiger partial charge in [-0.15, -0.1) is 0 Å². The zero-order chi connectivity index (χ0) is 19.4. The second-order valence-electron chi connectivity index (χ2n) is 6.99. The monoisotopic (exact) mass is 387 g/mol. The minimum atomic E-state index is -3.54. The van der Waals surface area contributed by atoms with Gasteiger partial charge in [-0.2, -0.15) is 4.31 Å². The summed E-state index contributed by atoms with van der Waals surface area (Å²) in [6, 6.07) is 15.9. The highest BCUT2D eigenvalue weighted by atomic mass is 32.2. The van der Waals surface area contributed by atoms with Gasteiger partial charge < -0.3 is 0 Å². The zero-order valence-electron chi connectivity index (χ0n) is 15.4. The molecule has 0 saturated carbocycles. The third kappa shape index (κ3) is 4.55. The number of aryl methyl sites for hydroxylation is 1. The number of amides is 1. The van der Waals surface area contributed by atoms with E-state index in [4.69, 9.17) is 5.84 Å². The van der Waals surface area contributed by atoms with Gasteiger partial charge in [0.1, 0.15) is 0 Å². The minimum absolute atomic E-state index is 0.0405. The van der Waals surface area contributed by atoms with Gasteiger partial charge in [-0.05, 0) is 49.9 Å². The molecular weight excluding hydrogens is 362 g/mol. The van der Waals surface area contributed by atoms with Crippen LogP contribution in [0.25, 0.3) is 0 Å². The molecule has 1 aliphatic rings. The third-order valence-electron chi connectivity index (χ3n) is 4.91. The molecule has 1 unspecified atom stereocenters. The lowest BCUT2D eigenvalue weighted by molar-refractivity contribution is -0.119. The van der Waals surface area contributed by atoms with E-state index in [1.54, 1.807) is 36.4 Å². The standard InChI is InChI=1S/C20H25N3O3S/c1-16-9-11-19(12-10-16)27(25,26)22-13-5-6-17(15-22)14-20(24)23(21)18-7-3-2-4-8-18/h2-4,7-12,17H,5-6,13-15,21H2,1H3. The van der Waals surface area contributed by atoms with Crippen molar-refractivity contribution in [3.05, 3.63) is 60.2 Å². The van der Waals surface area contributed by atoms with E-state index < -0.39 is 10.0 Å². The minimum Gasteiger partial charge on any atom is -0.273 e. The van der Waals surface area contributed by atoms with Crippen molar-refractivity contribution in [2.45, 2.75) is 31.1 Å². The maximum Gasteiger partial charge on any atom is 0.243 e. The fourth-order valence-corrected chi connectivity index (χ4v) is 4.90. The lowest BCUT2D eigenvalue weighted by Crippen LogP contribution is -2.43. The summed E-state index contributed by atoms with van der Waals surface area (Å²) in [5.74, 6) is 5.69. The molecule has 3 rings (SSSR count). The van der Waals surface area contributed by atoms with Gasteiger partial charge in [0.05, 0.1) is 10.6 Å². The number of hydrazine groups is 1. The number of benzene rings is 2. The van der Waals surface area contributed by atoms with Gasteiger partial charge in [-0.3, -0.25) is 4.79 Å². The average Bonchev–Trinajstić information content (AvgIpc) is 2.68. The Morgan fingerprint density at radius 3 is 2.48 bits per heavy atom. The molecule has 2 aromatic rings. The van der Waals surface area contributed by atoms with Crippen LogP contribution in [0.5, 0.6) is 0 Å². The highest BCUT2D eigenvalue weighted by molar-refractivity contribution is 7.89. The van der Waals surface area contributed by atoms with Gasteiger partial charge in [0, 0.05) is 19.5 Å². The van der Waals surface area contributed by atoms with E-state index in [0.29, 0.717) is 23.7 Å². The summed E-state index contributed by atoms with van der Waals surface area (Å²) in [6.07, 6.45) is 1.78. The summed E-state index contributed by atoms with van der Waals surface area (Å²) in [6.45, 7) is 2.74. The summed E-state index contributed by atoms with van der Waals surface area (Å²) in [7, 11) is -3.54. The molecule has 2 N–H and O–H groups in total. The normalized spacial score (nSPS) is 18.2. The average molecular weight is 388 g/mol. The summed E-state index contributed by atoms with van der Waals surface area (Å²) >= 11 is 0. The molecule has 1 fully saturated rings. The number of carbonyl (C=O) groups is 1. The molecule has 2 aromatic carbocycles. The molecule has 1 aliphatic heterocycles. The van der Waals surface area contributed by atoms with Crippen LogP contribution in [0.1, 0.15) is 24.8 Å². The van der Waals surface area contributed by atoms with Crippen molar-refractivity contribution < 1.29 is 13.2 Å². The molecule has 0 aliphatic carbocycles. The smallest absolute Gasteiger partial charge is 0.243 e. The molecule has 0 aromatic heterocycles. The Morgan fingerprint density at radius 2 is 1.81 bits per heavy atom. The summed E-state index contributed by atoms with van der Waals surface area (Å²) in [4.78, 5) is 12.8. The highest BCUT2D eigenvalue weighted by Gasteiger charge is 2.31. The lowest BCUT2D eigenvalue weighted by atomic mass is 9.96. The number of para-hydroxylation sites is 1. The first kappa shape index (κ1) is 19.5. The SMILES string of the molecule is Cc1ccc(S(=O)(=O)N2CCCC(CC(=O)N(N)c3ccccc3)C2)cc1. The second kappa shape index (κ2) is 8.21. The van der Waals surface area contributed by atoms with Gasteiger partial charge in [0.2, 0.25) is 15.9 Å². The molecule has 1 atom stereocenters. The van der Waals surface area contributed by atoms with Crippen LogP contribution in [-0.2, 0) is 14.8 Å². The van der Waals surface area contributed by atoms with Crippen LogP contribution in [0.15, 0.2) is 59.5 Å². The van der Waals surface area contributed by atoms with E-state index in [1.165, 1.54) is 4.31 Å². The van der Waals surface area contributed by atoms with Crippen molar-refractivity contribution in [2.75, 3.05) is 18.1 Å². The number of anilines is 1. The maximum atomic E-state index is 12.9. The summed E-state index contributed by atoms with van der Waals surface area (Å²) < 4.78 is 27.3. The molecule has 6 nitrogen and oxygen atoms in total. The van der Waals surface area contributed by atoms with Crippen molar-refractivity contribution in [2.24, 2.45) is 11.8 Å². The molecule has 1 heterocycles. The Morgan fingerprint density at radius 1 is 1.15 bits per heavy atom. The van der Waals surface area contributed by atoms with Crippen molar-refractivity contribution >= 4 is 21.6 Å². The fourth-order valence-electron chi connectivity index (χ4n) is 3.35. The van der Waals surface area contributed by atoms with Crippen LogP contribution < -0.4 is 10.9 Å². The first-order valence-corrected chi connectivity index (χ1v) is 10.5. The van der Waals surface area contributed by atoms with Crippen molar-refractivity contribution in [3.63, 3.8) is 0 Å². The van der Waals surface area contributed by atoms with Crippen molar-refractivity contribution in [1.82, 2.24) is 4.31 Å². The van der Waals surface area contributed by atoms with Gasteiger partial charge in [-0.1, -0.05) is 35.9 Å². The van der Waals surface area contributed by atoms with Crippen LogP contribution in [0.4, 0.5) is 5.69 Å². The number of sulfonamides is 1. The maximum absolute atomic E-state index is 12.9. The number of nitrogens with two attached hydrogens (primary N) is 1. The van der Waals surface area contributed by atoms with Crippen molar-refractivity contribution in [1.29, 1.82) is 0 Å². The lowest BCUT2D eigenvalue weighted by Gasteiger charge is -2.32. The molecule has 1 amide bonds. The van der Waals surface area contributed by atoms with Crippen LogP contribution in [0.3, 0.4) is 0 Å². The van der Waals surface area contributed by atoms with Crippen molar-refractivity contribution in [3.8, 4) is 0 Å². The Balaban J connectivity index is 1.67. The van der Waals surface area contributed by atoms with E-state index in [-0.39, 0.29) is 18.2 Å². The Bertz CT molecular complexity index is 882. The van der Waals surface area contributed by atoms with Gasteiger partial charge in [0.25, 0.3) is 0 Å². The molecule has 0 spiro atoms. The molecule has 0 radical (unpaired) electrons. The first-order chi connectivity index (χ1) is 12.9. The Labute approximate surface area is 160 Å². The highest BCUT2D eigenvalue weighted by Crippen LogP contribution is 2.26. The zero-order valence-corrected chi connectivity index (χ0v) is 16.2. The predicted molar refractivity (Wildman–Crippen MR) is 105 cm³/mol. The van der Waals surface area contributed by atoms with Gasteiger partial charge in [0.15, 0.2) is 0 Å². The molecule has 27 heavy (non-hydrogen) atoms. The molecule has 7 heteroatoms. The number of hydrogen-bond acceptors (Lipinski definition) is 4. The molecular formula is C20H25N3O3S. The van der Waals surface area contributed by atoms with E-state index >= 15 is 0 Å². The summed E-state index contributed by atoms with van der Waals surface area (Å²) in [5, 5.41) is 1.15. The topological polar surface area (TPSA) is 83.7 Å². The van der Waals surface area contributed by atoms with E-state index in [9.17, 15) is 13.2 Å². The number of nitrogens with zero attached hydrogens (tertiary/aromatic N) is 2. The number of piperidine rings is 1. The van der Waals surface area contributed by atoms with E-state index in [2.05, 4.69) is 0 Å². The van der Waals surface area contributed by atoms with E-state index in [1.807, 2.05) is 25.1 Å². The Hall–Kier alpha value is -2.22. The van der Waals surface area contributed by atoms with Gasteiger partial charge in [-0.25, -0.2) is 19.3 Å². The quantitative estimate of drug-likeness (QED) is 0.486.